The average Bonchev–Trinajstić information content (AvgIpc) is 3.20. The number of thiophene rings is 1. The van der Waals surface area contributed by atoms with Gasteiger partial charge in [-0.3, -0.25) is 4.79 Å². The third-order valence-electron chi connectivity index (χ3n) is 5.43. The van der Waals surface area contributed by atoms with Gasteiger partial charge in [-0.1, -0.05) is 18.5 Å². The standard InChI is InChI=1S/C20H25ClN2O5S2/c1-13(20(24)22-16-12-15(27-2)4-5-17(16)28-3)14-8-10-23(11-9-14)30(25,26)19-7-6-18(21)29-19/h4-7,12-14H,8-11H2,1-3H3,(H,22,24)/t13-/m1/s1. The summed E-state index contributed by atoms with van der Waals surface area (Å²) in [6.07, 6.45) is 1.23. The molecule has 1 saturated heterocycles. The largest absolute Gasteiger partial charge is 0.497 e. The second-order valence-corrected chi connectivity index (χ2v) is 11.0. The minimum absolute atomic E-state index is 0.0833. The molecular formula is C20H25ClN2O5S2. The van der Waals surface area contributed by atoms with Crippen LogP contribution >= 0.6 is 22.9 Å². The molecule has 2 heterocycles. The van der Waals surface area contributed by atoms with Crippen molar-refractivity contribution in [1.82, 2.24) is 4.31 Å². The first-order valence-electron chi connectivity index (χ1n) is 9.54. The Morgan fingerprint density at radius 3 is 2.47 bits per heavy atom. The van der Waals surface area contributed by atoms with Gasteiger partial charge in [0.15, 0.2) is 0 Å². The van der Waals surface area contributed by atoms with E-state index in [0.717, 1.165) is 11.3 Å². The van der Waals surface area contributed by atoms with Gasteiger partial charge >= 0.3 is 0 Å². The number of nitrogens with one attached hydrogen (secondary N) is 1. The van der Waals surface area contributed by atoms with Crippen LogP contribution in [0.5, 0.6) is 11.5 Å². The summed E-state index contributed by atoms with van der Waals surface area (Å²) in [5.41, 5.74) is 0.545. The van der Waals surface area contributed by atoms with Crippen LogP contribution in [-0.2, 0) is 14.8 Å². The zero-order chi connectivity index (χ0) is 21.9. The molecule has 0 radical (unpaired) electrons. The van der Waals surface area contributed by atoms with Gasteiger partial charge in [0.05, 0.1) is 24.2 Å². The Hall–Kier alpha value is -1.81. The monoisotopic (exact) mass is 472 g/mol. The molecule has 30 heavy (non-hydrogen) atoms. The number of sulfonamides is 1. The molecule has 7 nitrogen and oxygen atoms in total. The topological polar surface area (TPSA) is 84.9 Å². The van der Waals surface area contributed by atoms with Crippen molar-refractivity contribution in [2.24, 2.45) is 11.8 Å². The van der Waals surface area contributed by atoms with Crippen LogP contribution in [0, 0.1) is 11.8 Å². The van der Waals surface area contributed by atoms with Crippen LogP contribution in [0.25, 0.3) is 0 Å². The SMILES string of the molecule is COc1ccc(OC)c(NC(=O)[C@H](C)C2CCN(S(=O)(=O)c3ccc(Cl)s3)CC2)c1. The minimum Gasteiger partial charge on any atom is -0.497 e. The second-order valence-electron chi connectivity index (χ2n) is 7.14. The lowest BCUT2D eigenvalue weighted by molar-refractivity contribution is -0.121. The number of benzene rings is 1. The van der Waals surface area contributed by atoms with Gasteiger partial charge in [0, 0.05) is 25.1 Å². The zero-order valence-corrected chi connectivity index (χ0v) is 19.4. The Kier molecular flexibility index (Phi) is 7.28. The molecular weight excluding hydrogens is 448 g/mol. The summed E-state index contributed by atoms with van der Waals surface area (Å²) in [6, 6.07) is 8.33. The summed E-state index contributed by atoms with van der Waals surface area (Å²) in [5, 5.41) is 2.91. The molecule has 3 rings (SSSR count). The average molecular weight is 473 g/mol. The lowest BCUT2D eigenvalue weighted by Gasteiger charge is -2.33. The number of methoxy groups -OCH3 is 2. The summed E-state index contributed by atoms with van der Waals surface area (Å²) >= 11 is 6.94. The van der Waals surface area contributed by atoms with Crippen molar-refractivity contribution in [2.75, 3.05) is 32.6 Å². The molecule has 1 aliphatic heterocycles. The normalized spacial score (nSPS) is 16.8. The lowest BCUT2D eigenvalue weighted by atomic mass is 9.85. The Morgan fingerprint density at radius 1 is 1.20 bits per heavy atom. The predicted molar refractivity (Wildman–Crippen MR) is 118 cm³/mol. The van der Waals surface area contributed by atoms with Gasteiger partial charge in [-0.2, -0.15) is 4.31 Å². The van der Waals surface area contributed by atoms with E-state index in [1.807, 2.05) is 6.92 Å². The van der Waals surface area contributed by atoms with Crippen LogP contribution in [0.1, 0.15) is 19.8 Å². The molecule has 0 bridgehead atoms. The predicted octanol–water partition coefficient (Wildman–Crippen LogP) is 4.09. The van der Waals surface area contributed by atoms with E-state index in [9.17, 15) is 13.2 Å². The molecule has 10 heteroatoms. The number of carbonyl (C=O) groups is 1. The molecule has 1 fully saturated rings. The maximum Gasteiger partial charge on any atom is 0.252 e. The molecule has 1 aromatic heterocycles. The molecule has 1 aliphatic rings. The number of hydrogen-bond acceptors (Lipinski definition) is 6. The van der Waals surface area contributed by atoms with Crippen molar-refractivity contribution < 1.29 is 22.7 Å². The molecule has 0 spiro atoms. The highest BCUT2D eigenvalue weighted by Crippen LogP contribution is 2.34. The van der Waals surface area contributed by atoms with Gasteiger partial charge in [-0.15, -0.1) is 11.3 Å². The number of anilines is 1. The van der Waals surface area contributed by atoms with Crippen molar-refractivity contribution >= 4 is 44.6 Å². The highest BCUT2D eigenvalue weighted by atomic mass is 35.5. The van der Waals surface area contributed by atoms with E-state index in [2.05, 4.69) is 5.32 Å². The maximum absolute atomic E-state index is 12.8. The van der Waals surface area contributed by atoms with E-state index in [-0.39, 0.29) is 22.0 Å². The second kappa shape index (κ2) is 9.55. The molecule has 2 aromatic rings. The van der Waals surface area contributed by atoms with E-state index in [1.54, 1.807) is 31.4 Å². The minimum atomic E-state index is -3.54. The van der Waals surface area contributed by atoms with Crippen LogP contribution in [-0.4, -0.2) is 45.9 Å². The first-order valence-corrected chi connectivity index (χ1v) is 12.2. The number of hydrogen-bond donors (Lipinski definition) is 1. The molecule has 1 aromatic carbocycles. The first kappa shape index (κ1) is 22.9. The molecule has 0 aliphatic carbocycles. The van der Waals surface area contributed by atoms with Crippen molar-refractivity contribution in [2.45, 2.75) is 24.0 Å². The Balaban J connectivity index is 1.62. The van der Waals surface area contributed by atoms with Crippen molar-refractivity contribution in [3.8, 4) is 11.5 Å². The van der Waals surface area contributed by atoms with Gasteiger partial charge in [0.25, 0.3) is 10.0 Å². The Labute approximate surface area is 186 Å². The Bertz CT molecular complexity index is 1000. The van der Waals surface area contributed by atoms with Crippen molar-refractivity contribution in [1.29, 1.82) is 0 Å². The highest BCUT2D eigenvalue weighted by molar-refractivity contribution is 7.91. The van der Waals surface area contributed by atoms with E-state index in [0.29, 0.717) is 47.5 Å². The summed E-state index contributed by atoms with van der Waals surface area (Å²) in [5.74, 6) is 0.840. The van der Waals surface area contributed by atoms with Gasteiger partial charge in [-0.05, 0) is 43.0 Å². The van der Waals surface area contributed by atoms with E-state index in [1.165, 1.54) is 17.5 Å². The zero-order valence-electron chi connectivity index (χ0n) is 17.1. The van der Waals surface area contributed by atoms with Crippen LogP contribution in [0.15, 0.2) is 34.5 Å². The molecule has 1 amide bonds. The number of carbonyl (C=O) groups excluding carboxylic acids is 1. The van der Waals surface area contributed by atoms with Crippen LogP contribution in [0.2, 0.25) is 4.34 Å². The van der Waals surface area contributed by atoms with Crippen LogP contribution < -0.4 is 14.8 Å². The third kappa shape index (κ3) is 4.91. The molecule has 0 saturated carbocycles. The first-order chi connectivity index (χ1) is 14.3. The van der Waals surface area contributed by atoms with Gasteiger partial charge < -0.3 is 14.8 Å². The number of halogens is 1. The van der Waals surface area contributed by atoms with E-state index < -0.39 is 10.0 Å². The molecule has 164 valence electrons. The highest BCUT2D eigenvalue weighted by Gasteiger charge is 2.34. The fraction of sp³-hybridized carbons (Fsp3) is 0.450. The summed E-state index contributed by atoms with van der Waals surface area (Å²) in [4.78, 5) is 12.8. The summed E-state index contributed by atoms with van der Waals surface area (Å²) < 4.78 is 38.2. The summed E-state index contributed by atoms with van der Waals surface area (Å²) in [6.45, 7) is 2.63. The number of piperidine rings is 1. The van der Waals surface area contributed by atoms with Gasteiger partial charge in [0.2, 0.25) is 5.91 Å². The van der Waals surface area contributed by atoms with Crippen molar-refractivity contribution in [3.05, 3.63) is 34.7 Å². The van der Waals surface area contributed by atoms with Crippen LogP contribution in [0.3, 0.4) is 0 Å². The Morgan fingerprint density at radius 2 is 1.90 bits per heavy atom. The summed E-state index contributed by atoms with van der Waals surface area (Å²) in [7, 11) is -0.442. The van der Waals surface area contributed by atoms with Gasteiger partial charge in [0.1, 0.15) is 15.7 Å². The number of rotatable bonds is 7. The lowest BCUT2D eigenvalue weighted by Crippen LogP contribution is -2.41. The molecule has 0 unspecified atom stereocenters. The quantitative estimate of drug-likeness (QED) is 0.655. The fourth-order valence-corrected chi connectivity index (χ4v) is 6.66. The number of nitrogens with zero attached hydrogens (tertiary/aromatic N) is 1. The fourth-order valence-electron chi connectivity index (χ4n) is 3.55. The van der Waals surface area contributed by atoms with E-state index >= 15 is 0 Å². The number of ether oxygens (including phenoxy) is 2. The smallest absolute Gasteiger partial charge is 0.252 e. The van der Waals surface area contributed by atoms with E-state index in [4.69, 9.17) is 21.1 Å². The maximum atomic E-state index is 12.8. The number of amides is 1. The molecule has 1 N–H and O–H groups in total. The van der Waals surface area contributed by atoms with Crippen LogP contribution in [0.4, 0.5) is 5.69 Å². The molecule has 1 atom stereocenters. The van der Waals surface area contributed by atoms with Crippen molar-refractivity contribution in [3.63, 3.8) is 0 Å². The third-order valence-corrected chi connectivity index (χ3v) is 9.02. The van der Waals surface area contributed by atoms with Gasteiger partial charge in [-0.25, -0.2) is 8.42 Å².